The van der Waals surface area contributed by atoms with Gasteiger partial charge in [0.15, 0.2) is 0 Å². The Morgan fingerprint density at radius 2 is 2.31 bits per heavy atom. The normalized spacial score (nSPS) is 13.2. The van der Waals surface area contributed by atoms with Crippen LogP contribution >= 0.6 is 0 Å². The highest BCUT2D eigenvalue weighted by Gasteiger charge is 2.03. The minimum absolute atomic E-state index is 0.482. The molecule has 0 aromatic carbocycles. The van der Waals surface area contributed by atoms with E-state index in [2.05, 4.69) is 18.9 Å². The SMILES string of the molecule is CCOCc1ccn([C@H](C)CC)n1. The van der Waals surface area contributed by atoms with Crippen molar-refractivity contribution in [2.75, 3.05) is 6.61 Å². The van der Waals surface area contributed by atoms with Crippen molar-refractivity contribution in [1.29, 1.82) is 0 Å². The van der Waals surface area contributed by atoms with Crippen LogP contribution in [0.15, 0.2) is 12.3 Å². The number of rotatable bonds is 5. The molecular formula is C10H18N2O. The smallest absolute Gasteiger partial charge is 0.0906 e. The molecule has 3 nitrogen and oxygen atoms in total. The summed E-state index contributed by atoms with van der Waals surface area (Å²) in [6.45, 7) is 7.69. The van der Waals surface area contributed by atoms with Crippen LogP contribution < -0.4 is 0 Å². The molecule has 0 bridgehead atoms. The highest BCUT2D eigenvalue weighted by atomic mass is 16.5. The summed E-state index contributed by atoms with van der Waals surface area (Å²) in [5.41, 5.74) is 1.02. The summed E-state index contributed by atoms with van der Waals surface area (Å²) < 4.78 is 7.26. The molecule has 0 aliphatic heterocycles. The van der Waals surface area contributed by atoms with Gasteiger partial charge in [-0.3, -0.25) is 4.68 Å². The molecule has 1 aromatic heterocycles. The van der Waals surface area contributed by atoms with Gasteiger partial charge in [0.05, 0.1) is 12.3 Å². The fourth-order valence-corrected chi connectivity index (χ4v) is 1.09. The van der Waals surface area contributed by atoms with Crippen molar-refractivity contribution < 1.29 is 4.74 Å². The molecule has 0 amide bonds. The van der Waals surface area contributed by atoms with E-state index >= 15 is 0 Å². The molecule has 74 valence electrons. The first-order chi connectivity index (χ1) is 6.27. The van der Waals surface area contributed by atoms with Crippen LogP contribution in [0.5, 0.6) is 0 Å². The average molecular weight is 182 g/mol. The largest absolute Gasteiger partial charge is 0.375 e. The van der Waals surface area contributed by atoms with Crippen molar-refractivity contribution in [1.82, 2.24) is 9.78 Å². The summed E-state index contributed by atoms with van der Waals surface area (Å²) in [5.74, 6) is 0. The average Bonchev–Trinajstić information content (AvgIpc) is 2.62. The van der Waals surface area contributed by atoms with E-state index in [0.29, 0.717) is 12.6 Å². The molecule has 0 N–H and O–H groups in total. The molecule has 0 saturated heterocycles. The Morgan fingerprint density at radius 3 is 2.92 bits per heavy atom. The maximum atomic E-state index is 5.27. The van der Waals surface area contributed by atoms with Crippen LogP contribution in [0.1, 0.15) is 38.9 Å². The lowest BCUT2D eigenvalue weighted by atomic mass is 10.3. The number of hydrogen-bond acceptors (Lipinski definition) is 2. The molecular weight excluding hydrogens is 164 g/mol. The Morgan fingerprint density at radius 1 is 1.54 bits per heavy atom. The molecule has 0 aliphatic carbocycles. The van der Waals surface area contributed by atoms with E-state index < -0.39 is 0 Å². The molecule has 0 spiro atoms. The summed E-state index contributed by atoms with van der Waals surface area (Å²) in [7, 11) is 0. The quantitative estimate of drug-likeness (QED) is 0.699. The van der Waals surface area contributed by atoms with Crippen LogP contribution in [-0.2, 0) is 11.3 Å². The van der Waals surface area contributed by atoms with Crippen molar-refractivity contribution in [3.8, 4) is 0 Å². The van der Waals surface area contributed by atoms with E-state index in [4.69, 9.17) is 4.74 Å². The van der Waals surface area contributed by atoms with Crippen LogP contribution in [0, 0.1) is 0 Å². The second-order valence-electron chi connectivity index (χ2n) is 3.18. The third kappa shape index (κ3) is 2.84. The van der Waals surface area contributed by atoms with Gasteiger partial charge in [-0.05, 0) is 26.3 Å². The first-order valence-electron chi connectivity index (χ1n) is 4.89. The van der Waals surface area contributed by atoms with Gasteiger partial charge in [0.2, 0.25) is 0 Å². The Hall–Kier alpha value is -0.830. The zero-order chi connectivity index (χ0) is 9.68. The minimum Gasteiger partial charge on any atom is -0.375 e. The molecule has 0 fully saturated rings. The number of nitrogens with zero attached hydrogens (tertiary/aromatic N) is 2. The molecule has 1 aromatic rings. The first kappa shape index (κ1) is 10.3. The van der Waals surface area contributed by atoms with Crippen LogP contribution in [0.3, 0.4) is 0 Å². The molecule has 13 heavy (non-hydrogen) atoms. The molecule has 1 heterocycles. The van der Waals surface area contributed by atoms with E-state index in [1.54, 1.807) is 0 Å². The lowest BCUT2D eigenvalue weighted by molar-refractivity contribution is 0.130. The summed E-state index contributed by atoms with van der Waals surface area (Å²) in [4.78, 5) is 0. The lowest BCUT2D eigenvalue weighted by Crippen LogP contribution is -2.05. The van der Waals surface area contributed by atoms with Crippen molar-refractivity contribution in [2.45, 2.75) is 39.8 Å². The van der Waals surface area contributed by atoms with Crippen molar-refractivity contribution in [3.63, 3.8) is 0 Å². The lowest BCUT2D eigenvalue weighted by Gasteiger charge is -2.07. The van der Waals surface area contributed by atoms with Crippen molar-refractivity contribution >= 4 is 0 Å². The molecule has 0 radical (unpaired) electrons. The summed E-state index contributed by atoms with van der Waals surface area (Å²) in [5, 5.41) is 4.41. The topological polar surface area (TPSA) is 27.1 Å². The minimum atomic E-state index is 0.482. The second kappa shape index (κ2) is 5.02. The first-order valence-corrected chi connectivity index (χ1v) is 4.89. The molecule has 1 atom stereocenters. The van der Waals surface area contributed by atoms with E-state index in [1.807, 2.05) is 23.9 Å². The summed E-state index contributed by atoms with van der Waals surface area (Å²) in [6.07, 6.45) is 3.12. The highest BCUT2D eigenvalue weighted by molar-refractivity contribution is 4.97. The zero-order valence-electron chi connectivity index (χ0n) is 8.66. The maximum absolute atomic E-state index is 5.27. The zero-order valence-corrected chi connectivity index (χ0v) is 8.66. The van der Waals surface area contributed by atoms with E-state index in [1.165, 1.54) is 0 Å². The number of hydrogen-bond donors (Lipinski definition) is 0. The Bertz CT molecular complexity index is 245. The Kier molecular flexibility index (Phi) is 3.96. The predicted octanol–water partition coefficient (Wildman–Crippen LogP) is 2.39. The van der Waals surface area contributed by atoms with E-state index in [9.17, 15) is 0 Å². The Balaban J connectivity index is 2.53. The van der Waals surface area contributed by atoms with Crippen LogP contribution in [0.2, 0.25) is 0 Å². The third-order valence-corrected chi connectivity index (χ3v) is 2.16. The standard InChI is InChI=1S/C10H18N2O/c1-4-9(3)12-7-6-10(11-12)8-13-5-2/h6-7,9H,4-5,8H2,1-3H3/t9-/m1/s1. The molecule has 0 unspecified atom stereocenters. The van der Waals surface area contributed by atoms with Gasteiger partial charge in [0, 0.05) is 18.8 Å². The molecule has 0 aliphatic rings. The van der Waals surface area contributed by atoms with Gasteiger partial charge in [0.1, 0.15) is 0 Å². The van der Waals surface area contributed by atoms with Gasteiger partial charge in [-0.25, -0.2) is 0 Å². The van der Waals surface area contributed by atoms with Gasteiger partial charge in [0.25, 0.3) is 0 Å². The molecule has 0 saturated carbocycles. The fourth-order valence-electron chi connectivity index (χ4n) is 1.09. The van der Waals surface area contributed by atoms with Crippen LogP contribution in [0.25, 0.3) is 0 Å². The number of aromatic nitrogens is 2. The summed E-state index contributed by atoms with van der Waals surface area (Å²) in [6, 6.07) is 2.50. The van der Waals surface area contributed by atoms with Crippen LogP contribution in [-0.4, -0.2) is 16.4 Å². The molecule has 1 rings (SSSR count). The van der Waals surface area contributed by atoms with E-state index in [-0.39, 0.29) is 0 Å². The third-order valence-electron chi connectivity index (χ3n) is 2.16. The van der Waals surface area contributed by atoms with Gasteiger partial charge in [-0.1, -0.05) is 6.92 Å². The maximum Gasteiger partial charge on any atom is 0.0906 e. The van der Waals surface area contributed by atoms with Crippen molar-refractivity contribution in [3.05, 3.63) is 18.0 Å². The van der Waals surface area contributed by atoms with Gasteiger partial charge in [-0.15, -0.1) is 0 Å². The monoisotopic (exact) mass is 182 g/mol. The van der Waals surface area contributed by atoms with E-state index in [0.717, 1.165) is 18.7 Å². The predicted molar refractivity (Wildman–Crippen MR) is 52.6 cm³/mol. The van der Waals surface area contributed by atoms with Gasteiger partial charge >= 0.3 is 0 Å². The summed E-state index contributed by atoms with van der Waals surface area (Å²) >= 11 is 0. The van der Waals surface area contributed by atoms with Crippen LogP contribution in [0.4, 0.5) is 0 Å². The number of ether oxygens (including phenoxy) is 1. The molecule has 3 heteroatoms. The van der Waals surface area contributed by atoms with Crippen molar-refractivity contribution in [2.24, 2.45) is 0 Å². The fraction of sp³-hybridized carbons (Fsp3) is 0.700. The Labute approximate surface area is 79.7 Å². The highest BCUT2D eigenvalue weighted by Crippen LogP contribution is 2.09. The van der Waals surface area contributed by atoms with Gasteiger partial charge < -0.3 is 4.74 Å². The van der Waals surface area contributed by atoms with Gasteiger partial charge in [-0.2, -0.15) is 5.10 Å². The second-order valence-corrected chi connectivity index (χ2v) is 3.18.